The molecule has 0 unspecified atom stereocenters. The molecular weight excluding hydrogens is 230 g/mol. The molecule has 4 nitrogen and oxygen atoms in total. The summed E-state index contributed by atoms with van der Waals surface area (Å²) in [6, 6.07) is 1.88. The Kier molecular flexibility index (Phi) is 3.55. The van der Waals surface area contributed by atoms with Crippen molar-refractivity contribution in [2.24, 2.45) is 5.73 Å². The van der Waals surface area contributed by atoms with Crippen molar-refractivity contribution in [3.63, 3.8) is 0 Å². The molecule has 0 spiro atoms. The van der Waals surface area contributed by atoms with Gasteiger partial charge in [-0.1, -0.05) is 0 Å². The van der Waals surface area contributed by atoms with Crippen molar-refractivity contribution >= 4 is 11.8 Å². The number of nitrogen functional groups attached to an aromatic ring is 1. The summed E-state index contributed by atoms with van der Waals surface area (Å²) < 4.78 is 30.7. The molecule has 0 aliphatic heterocycles. The van der Waals surface area contributed by atoms with Crippen molar-refractivity contribution in [3.05, 3.63) is 29.3 Å². The van der Waals surface area contributed by atoms with Crippen LogP contribution in [0, 0.1) is 11.6 Å². The average Bonchev–Trinajstić information content (AvgIpc) is 2.11. The van der Waals surface area contributed by atoms with E-state index in [2.05, 4.69) is 0 Å². The molecule has 0 saturated heterocycles. The molecule has 0 bridgehead atoms. The minimum Gasteiger partial charge on any atom is -0.443 e. The molecule has 1 rings (SSSR count). The van der Waals surface area contributed by atoms with E-state index in [1.807, 2.05) is 0 Å². The van der Waals surface area contributed by atoms with Gasteiger partial charge in [0.2, 0.25) is 0 Å². The van der Waals surface area contributed by atoms with Gasteiger partial charge in [0.05, 0.1) is 0 Å². The Morgan fingerprint density at radius 3 is 2.41 bits per heavy atom. The monoisotopic (exact) mass is 244 g/mol. The molecule has 0 saturated carbocycles. The number of nitrogens with two attached hydrogens (primary N) is 2. The molecule has 0 aliphatic carbocycles. The molecule has 0 aliphatic rings. The largest absolute Gasteiger partial charge is 0.443 e. The first-order valence-electron chi connectivity index (χ1n) is 4.93. The fourth-order valence-electron chi connectivity index (χ4n) is 1.52. The van der Waals surface area contributed by atoms with Crippen molar-refractivity contribution in [2.45, 2.75) is 25.9 Å². The summed E-state index contributed by atoms with van der Waals surface area (Å²) in [6.07, 6.45) is -0.796. The second-order valence-electron chi connectivity index (χ2n) is 4.32. The number of carbonyl (C=O) groups is 1. The zero-order chi connectivity index (χ0) is 13.2. The first-order valence-corrected chi connectivity index (χ1v) is 4.93. The molecule has 1 aromatic rings. The van der Waals surface area contributed by atoms with E-state index in [1.54, 1.807) is 13.8 Å². The maximum absolute atomic E-state index is 13.0. The van der Waals surface area contributed by atoms with Gasteiger partial charge in [0.15, 0.2) is 11.6 Å². The second kappa shape index (κ2) is 4.57. The molecule has 0 aromatic heterocycles. The lowest BCUT2D eigenvalue weighted by Crippen LogP contribution is -2.33. The molecule has 1 aromatic carbocycles. The highest BCUT2D eigenvalue weighted by Gasteiger charge is 2.24. The van der Waals surface area contributed by atoms with E-state index in [0.29, 0.717) is 5.56 Å². The normalized spacial score (nSPS) is 11.3. The Morgan fingerprint density at radius 2 is 1.88 bits per heavy atom. The molecule has 0 atom stereocenters. The average molecular weight is 244 g/mol. The Balaban J connectivity index is 2.95. The van der Waals surface area contributed by atoms with E-state index in [1.165, 1.54) is 0 Å². The number of benzene rings is 1. The number of hydrogen-bond acceptors (Lipinski definition) is 3. The summed E-state index contributed by atoms with van der Waals surface area (Å²) in [6.45, 7) is 3.19. The summed E-state index contributed by atoms with van der Waals surface area (Å²) in [5.74, 6) is -2.01. The maximum Gasteiger partial charge on any atom is 0.405 e. The van der Waals surface area contributed by atoms with Crippen LogP contribution in [0.4, 0.5) is 19.3 Å². The van der Waals surface area contributed by atoms with Gasteiger partial charge in [-0.15, -0.1) is 0 Å². The van der Waals surface area contributed by atoms with E-state index < -0.39 is 23.3 Å². The minimum absolute atomic E-state index is 0.102. The predicted molar refractivity (Wildman–Crippen MR) is 59.2 cm³/mol. The summed E-state index contributed by atoms with van der Waals surface area (Å²) in [5, 5.41) is 0. The smallest absolute Gasteiger partial charge is 0.405 e. The number of carbonyl (C=O) groups excluding carboxylic acids is 1. The van der Waals surface area contributed by atoms with Crippen LogP contribution in [0.25, 0.3) is 0 Å². The SMILES string of the molecule is CC(C)(Cc1cc(F)c(F)cc1N)OC(N)=O. The van der Waals surface area contributed by atoms with E-state index >= 15 is 0 Å². The highest BCUT2D eigenvalue weighted by Crippen LogP contribution is 2.23. The van der Waals surface area contributed by atoms with Crippen LogP contribution in [-0.2, 0) is 11.2 Å². The third kappa shape index (κ3) is 3.58. The second-order valence-corrected chi connectivity index (χ2v) is 4.32. The van der Waals surface area contributed by atoms with Crippen LogP contribution in [0.3, 0.4) is 0 Å². The van der Waals surface area contributed by atoms with Gasteiger partial charge in [-0.3, -0.25) is 0 Å². The quantitative estimate of drug-likeness (QED) is 0.798. The number of ether oxygens (including phenoxy) is 1. The van der Waals surface area contributed by atoms with Gasteiger partial charge < -0.3 is 16.2 Å². The third-order valence-electron chi connectivity index (χ3n) is 2.18. The summed E-state index contributed by atoms with van der Waals surface area (Å²) in [7, 11) is 0. The van der Waals surface area contributed by atoms with Gasteiger partial charge in [-0.25, -0.2) is 13.6 Å². The van der Waals surface area contributed by atoms with Crippen molar-refractivity contribution < 1.29 is 18.3 Å². The predicted octanol–water partition coefficient (Wildman–Crippen LogP) is 1.96. The van der Waals surface area contributed by atoms with Crippen LogP contribution < -0.4 is 11.5 Å². The molecule has 1 amide bonds. The van der Waals surface area contributed by atoms with Crippen LogP contribution in [0.5, 0.6) is 0 Å². The Hall–Kier alpha value is -1.85. The van der Waals surface area contributed by atoms with Gasteiger partial charge in [0.1, 0.15) is 5.60 Å². The molecular formula is C11H14F2N2O2. The molecule has 0 heterocycles. The molecule has 0 fully saturated rings. The van der Waals surface area contributed by atoms with Crippen molar-refractivity contribution in [1.82, 2.24) is 0 Å². The van der Waals surface area contributed by atoms with Crippen LogP contribution in [-0.4, -0.2) is 11.7 Å². The molecule has 17 heavy (non-hydrogen) atoms. The Bertz CT molecular complexity index is 447. The summed E-state index contributed by atoms with van der Waals surface area (Å²) >= 11 is 0. The van der Waals surface area contributed by atoms with Crippen molar-refractivity contribution in [1.29, 1.82) is 0 Å². The standard InChI is InChI=1S/C11H14F2N2O2/c1-11(2,17-10(15)16)5-6-3-7(12)8(13)4-9(6)14/h3-4H,5,14H2,1-2H3,(H2,15,16). The minimum atomic E-state index is -1.01. The number of hydrogen-bond donors (Lipinski definition) is 2. The van der Waals surface area contributed by atoms with E-state index in [4.69, 9.17) is 16.2 Å². The van der Waals surface area contributed by atoms with E-state index in [-0.39, 0.29) is 12.1 Å². The fourth-order valence-corrected chi connectivity index (χ4v) is 1.52. The summed E-state index contributed by atoms with van der Waals surface area (Å²) in [5.41, 5.74) is 9.97. The number of halogens is 2. The molecule has 4 N–H and O–H groups in total. The lowest BCUT2D eigenvalue weighted by Gasteiger charge is -2.24. The van der Waals surface area contributed by atoms with Gasteiger partial charge >= 0.3 is 6.09 Å². The molecule has 0 radical (unpaired) electrons. The molecule has 94 valence electrons. The highest BCUT2D eigenvalue weighted by atomic mass is 19.2. The van der Waals surface area contributed by atoms with Crippen LogP contribution in [0.15, 0.2) is 12.1 Å². The van der Waals surface area contributed by atoms with Gasteiger partial charge in [-0.2, -0.15) is 0 Å². The first kappa shape index (κ1) is 13.2. The van der Waals surface area contributed by atoms with Gasteiger partial charge in [0.25, 0.3) is 0 Å². The summed E-state index contributed by atoms with van der Waals surface area (Å²) in [4.78, 5) is 10.6. The fraction of sp³-hybridized carbons (Fsp3) is 0.364. The number of rotatable bonds is 3. The third-order valence-corrected chi connectivity index (χ3v) is 2.18. The number of amides is 1. The highest BCUT2D eigenvalue weighted by molar-refractivity contribution is 5.65. The zero-order valence-corrected chi connectivity index (χ0v) is 9.59. The molecule has 6 heteroatoms. The van der Waals surface area contributed by atoms with Crippen LogP contribution in [0.1, 0.15) is 19.4 Å². The number of anilines is 1. The van der Waals surface area contributed by atoms with Crippen LogP contribution >= 0.6 is 0 Å². The first-order chi connectivity index (χ1) is 7.71. The topological polar surface area (TPSA) is 78.3 Å². The van der Waals surface area contributed by atoms with Crippen molar-refractivity contribution in [2.75, 3.05) is 5.73 Å². The zero-order valence-electron chi connectivity index (χ0n) is 9.59. The van der Waals surface area contributed by atoms with E-state index in [9.17, 15) is 13.6 Å². The van der Waals surface area contributed by atoms with Gasteiger partial charge in [0, 0.05) is 18.2 Å². The Morgan fingerprint density at radius 1 is 1.35 bits per heavy atom. The number of primary amides is 1. The lowest BCUT2D eigenvalue weighted by molar-refractivity contribution is 0.0461. The Labute approximate surface area is 97.5 Å². The lowest BCUT2D eigenvalue weighted by atomic mass is 9.97. The van der Waals surface area contributed by atoms with Gasteiger partial charge in [-0.05, 0) is 25.5 Å². The van der Waals surface area contributed by atoms with E-state index in [0.717, 1.165) is 12.1 Å². The van der Waals surface area contributed by atoms with Crippen LogP contribution in [0.2, 0.25) is 0 Å². The van der Waals surface area contributed by atoms with Crippen molar-refractivity contribution in [3.8, 4) is 0 Å². The maximum atomic E-state index is 13.0.